The maximum atomic E-state index is 12.6. The van der Waals surface area contributed by atoms with E-state index >= 15 is 0 Å². The number of carbonyl (C=O) groups is 2. The van der Waals surface area contributed by atoms with Crippen molar-refractivity contribution in [3.8, 4) is 11.5 Å². The molecule has 2 aromatic carbocycles. The Balaban J connectivity index is 1.70. The quantitative estimate of drug-likeness (QED) is 0.829. The molecular formula is C22H26N2O4. The highest BCUT2D eigenvalue weighted by Gasteiger charge is 2.30. The van der Waals surface area contributed by atoms with E-state index < -0.39 is 6.10 Å². The van der Waals surface area contributed by atoms with Gasteiger partial charge in [-0.25, -0.2) is 0 Å². The maximum absolute atomic E-state index is 12.6. The van der Waals surface area contributed by atoms with Gasteiger partial charge in [0.1, 0.15) is 11.5 Å². The number of carbonyl (C=O) groups excluding carboxylic acids is 2. The van der Waals surface area contributed by atoms with Gasteiger partial charge in [0.25, 0.3) is 11.8 Å². The van der Waals surface area contributed by atoms with Crippen molar-refractivity contribution in [1.29, 1.82) is 0 Å². The van der Waals surface area contributed by atoms with E-state index in [9.17, 15) is 9.59 Å². The van der Waals surface area contributed by atoms with Gasteiger partial charge < -0.3 is 19.7 Å². The summed E-state index contributed by atoms with van der Waals surface area (Å²) in [5, 5.41) is 2.84. The van der Waals surface area contributed by atoms with Crippen LogP contribution in [0.1, 0.15) is 32.8 Å². The van der Waals surface area contributed by atoms with E-state index in [0.29, 0.717) is 23.7 Å². The Hall–Kier alpha value is -3.02. The topological polar surface area (TPSA) is 67.9 Å². The van der Waals surface area contributed by atoms with Crippen molar-refractivity contribution >= 4 is 17.5 Å². The van der Waals surface area contributed by atoms with Gasteiger partial charge in [-0.2, -0.15) is 0 Å². The summed E-state index contributed by atoms with van der Waals surface area (Å²) < 4.78 is 11.3. The van der Waals surface area contributed by atoms with Crippen molar-refractivity contribution in [2.45, 2.75) is 45.9 Å². The monoisotopic (exact) mass is 382 g/mol. The molecule has 0 aliphatic carbocycles. The van der Waals surface area contributed by atoms with E-state index in [1.165, 1.54) is 0 Å². The number of hydrogen-bond donors (Lipinski definition) is 1. The lowest BCUT2D eigenvalue weighted by Crippen LogP contribution is -2.42. The highest BCUT2D eigenvalue weighted by molar-refractivity contribution is 5.92. The van der Waals surface area contributed by atoms with Crippen molar-refractivity contribution in [3.63, 3.8) is 0 Å². The zero-order chi connectivity index (χ0) is 20.1. The molecule has 2 amide bonds. The molecule has 2 atom stereocenters. The van der Waals surface area contributed by atoms with E-state index in [2.05, 4.69) is 12.2 Å². The molecule has 0 radical (unpaired) electrons. The predicted octanol–water partition coefficient (Wildman–Crippen LogP) is 3.61. The average molecular weight is 382 g/mol. The van der Waals surface area contributed by atoms with E-state index in [1.807, 2.05) is 36.1 Å². The largest absolute Gasteiger partial charge is 0.484 e. The molecule has 0 aromatic heterocycles. The van der Waals surface area contributed by atoms with Crippen LogP contribution in [-0.2, 0) is 16.1 Å². The number of ether oxygens (including phenoxy) is 2. The highest BCUT2D eigenvalue weighted by atomic mass is 16.5. The van der Waals surface area contributed by atoms with Crippen molar-refractivity contribution in [2.24, 2.45) is 0 Å². The molecule has 0 saturated heterocycles. The summed E-state index contributed by atoms with van der Waals surface area (Å²) in [7, 11) is 0. The second kappa shape index (κ2) is 8.78. The molecule has 0 saturated carbocycles. The van der Waals surface area contributed by atoms with Crippen molar-refractivity contribution in [1.82, 2.24) is 4.90 Å². The first kappa shape index (κ1) is 19.7. The van der Waals surface area contributed by atoms with Gasteiger partial charge in [0, 0.05) is 23.8 Å². The highest BCUT2D eigenvalue weighted by Crippen LogP contribution is 2.29. The van der Waals surface area contributed by atoms with Gasteiger partial charge >= 0.3 is 0 Å². The fourth-order valence-corrected chi connectivity index (χ4v) is 3.09. The Morgan fingerprint density at radius 3 is 2.75 bits per heavy atom. The van der Waals surface area contributed by atoms with Crippen LogP contribution in [0, 0.1) is 0 Å². The number of fused-ring (bicyclic) bond motifs is 1. The third-order valence-corrected chi connectivity index (χ3v) is 4.86. The van der Waals surface area contributed by atoms with Crippen LogP contribution in [0.2, 0.25) is 0 Å². The number of benzene rings is 2. The van der Waals surface area contributed by atoms with Gasteiger partial charge in [-0.1, -0.05) is 25.1 Å². The number of anilines is 1. The van der Waals surface area contributed by atoms with Crippen LogP contribution in [0.25, 0.3) is 0 Å². The SMILES string of the molecule is CC[C@H](C)N1Cc2cc(NC(=O)COc3ccccc3)ccc2O[C@@H](C)C1=O. The first-order valence-electron chi connectivity index (χ1n) is 9.55. The van der Waals surface area contributed by atoms with Gasteiger partial charge in [0.2, 0.25) is 0 Å². The molecule has 148 valence electrons. The first-order valence-corrected chi connectivity index (χ1v) is 9.55. The van der Waals surface area contributed by atoms with Gasteiger partial charge in [0.15, 0.2) is 12.7 Å². The molecule has 0 bridgehead atoms. The number of para-hydroxylation sites is 1. The lowest BCUT2D eigenvalue weighted by Gasteiger charge is -2.28. The number of nitrogens with one attached hydrogen (secondary N) is 1. The Morgan fingerprint density at radius 2 is 2.04 bits per heavy atom. The number of rotatable bonds is 6. The molecule has 28 heavy (non-hydrogen) atoms. The molecule has 1 aliphatic heterocycles. The second-order valence-corrected chi connectivity index (χ2v) is 6.96. The maximum Gasteiger partial charge on any atom is 0.263 e. The predicted molar refractivity (Wildman–Crippen MR) is 107 cm³/mol. The first-order chi connectivity index (χ1) is 13.5. The molecule has 0 spiro atoms. The Kier molecular flexibility index (Phi) is 6.19. The van der Waals surface area contributed by atoms with Crippen LogP contribution >= 0.6 is 0 Å². The van der Waals surface area contributed by atoms with E-state index in [1.54, 1.807) is 31.2 Å². The third-order valence-electron chi connectivity index (χ3n) is 4.86. The molecule has 0 fully saturated rings. The minimum atomic E-state index is -0.532. The summed E-state index contributed by atoms with van der Waals surface area (Å²) in [6.07, 6.45) is 0.330. The smallest absolute Gasteiger partial charge is 0.263 e. The molecular weight excluding hydrogens is 356 g/mol. The number of nitrogens with zero attached hydrogens (tertiary/aromatic N) is 1. The van der Waals surface area contributed by atoms with Crippen LogP contribution < -0.4 is 14.8 Å². The Labute approximate surface area is 165 Å². The molecule has 0 unspecified atom stereocenters. The fraction of sp³-hybridized carbons (Fsp3) is 0.364. The molecule has 1 aliphatic rings. The molecule has 3 rings (SSSR count). The fourth-order valence-electron chi connectivity index (χ4n) is 3.09. The summed E-state index contributed by atoms with van der Waals surface area (Å²) in [5.74, 6) is 1.05. The van der Waals surface area contributed by atoms with E-state index in [4.69, 9.17) is 9.47 Å². The molecule has 1 heterocycles. The summed E-state index contributed by atoms with van der Waals surface area (Å²) in [6.45, 7) is 6.23. The van der Waals surface area contributed by atoms with Crippen molar-refractivity contribution in [2.75, 3.05) is 11.9 Å². The van der Waals surface area contributed by atoms with Gasteiger partial charge in [-0.15, -0.1) is 0 Å². The van der Waals surface area contributed by atoms with Crippen LogP contribution in [0.4, 0.5) is 5.69 Å². The lowest BCUT2D eigenvalue weighted by atomic mass is 10.1. The number of amides is 2. The Bertz CT molecular complexity index is 838. The Morgan fingerprint density at radius 1 is 1.29 bits per heavy atom. The van der Waals surface area contributed by atoms with Crippen LogP contribution in [-0.4, -0.2) is 35.5 Å². The summed E-state index contributed by atoms with van der Waals surface area (Å²) >= 11 is 0. The standard InChI is InChI=1S/C22H26N2O4/c1-4-15(2)24-13-17-12-18(10-11-20(17)28-16(3)22(24)26)23-21(25)14-27-19-8-6-5-7-9-19/h5-12,15-16H,4,13-14H2,1-3H3,(H,23,25)/t15-,16-/m0/s1. The molecule has 2 aromatic rings. The minimum Gasteiger partial charge on any atom is -0.484 e. The summed E-state index contributed by atoms with van der Waals surface area (Å²) in [4.78, 5) is 26.7. The summed E-state index contributed by atoms with van der Waals surface area (Å²) in [6, 6.07) is 14.7. The normalized spacial score (nSPS) is 17.2. The minimum absolute atomic E-state index is 0.0209. The van der Waals surface area contributed by atoms with Crippen molar-refractivity contribution in [3.05, 3.63) is 54.1 Å². The van der Waals surface area contributed by atoms with E-state index in [0.717, 1.165) is 12.0 Å². The van der Waals surface area contributed by atoms with E-state index in [-0.39, 0.29) is 24.5 Å². The van der Waals surface area contributed by atoms with Gasteiger partial charge in [-0.05, 0) is 50.6 Å². The van der Waals surface area contributed by atoms with Crippen LogP contribution in [0.5, 0.6) is 11.5 Å². The molecule has 1 N–H and O–H groups in total. The number of hydrogen-bond acceptors (Lipinski definition) is 4. The second-order valence-electron chi connectivity index (χ2n) is 6.96. The lowest BCUT2D eigenvalue weighted by molar-refractivity contribution is -0.139. The zero-order valence-corrected chi connectivity index (χ0v) is 16.5. The van der Waals surface area contributed by atoms with Crippen LogP contribution in [0.15, 0.2) is 48.5 Å². The van der Waals surface area contributed by atoms with Crippen LogP contribution in [0.3, 0.4) is 0 Å². The van der Waals surface area contributed by atoms with Gasteiger partial charge in [0.05, 0.1) is 0 Å². The summed E-state index contributed by atoms with van der Waals surface area (Å²) in [5.41, 5.74) is 1.52. The van der Waals surface area contributed by atoms with Crippen molar-refractivity contribution < 1.29 is 19.1 Å². The molecule has 6 nitrogen and oxygen atoms in total. The molecule has 6 heteroatoms. The average Bonchev–Trinajstić information content (AvgIpc) is 2.83. The third kappa shape index (κ3) is 4.63. The van der Waals surface area contributed by atoms with Gasteiger partial charge in [-0.3, -0.25) is 9.59 Å². The zero-order valence-electron chi connectivity index (χ0n) is 16.5.